The fraction of sp³-hybridized carbons (Fsp3) is 0.857. The third-order valence-corrected chi connectivity index (χ3v) is 3.56. The Hall–Kier alpha value is -0.380. The number of piperidine rings is 1. The zero-order valence-electron chi connectivity index (χ0n) is 11.7. The molecule has 3 heteroatoms. The summed E-state index contributed by atoms with van der Waals surface area (Å²) in [7, 11) is 0. The van der Waals surface area contributed by atoms with E-state index in [4.69, 9.17) is 4.84 Å². The van der Waals surface area contributed by atoms with Gasteiger partial charge in [0.25, 0.3) is 0 Å². The Kier molecular flexibility index (Phi) is 4.76. The molecule has 1 heterocycles. The quantitative estimate of drug-likeness (QED) is 0.751. The summed E-state index contributed by atoms with van der Waals surface area (Å²) in [4.78, 5) is 6.02. The van der Waals surface area contributed by atoms with Crippen LogP contribution >= 0.6 is 0 Å². The SMILES string of the molecule is C=CC[C@H](CO)ON1C(C)(C)CCCC1(C)C. The standard InChI is InChI=1S/C14H27NO2/c1-6-8-12(11-16)17-15-13(2,3)9-7-10-14(15,4)5/h6,12,16H,1,7-11H2,2-5H3/t12-/m1/s1. The van der Waals surface area contributed by atoms with E-state index in [0.29, 0.717) is 6.42 Å². The van der Waals surface area contributed by atoms with E-state index in [0.717, 1.165) is 12.8 Å². The summed E-state index contributed by atoms with van der Waals surface area (Å²) in [6.45, 7) is 12.6. The Labute approximate surface area is 105 Å². The third-order valence-electron chi connectivity index (χ3n) is 3.56. The Morgan fingerprint density at radius 3 is 2.24 bits per heavy atom. The Morgan fingerprint density at radius 2 is 1.82 bits per heavy atom. The summed E-state index contributed by atoms with van der Waals surface area (Å²) in [5.41, 5.74) is 0.0483. The van der Waals surface area contributed by atoms with Crippen molar-refractivity contribution >= 4 is 0 Å². The molecule has 1 rings (SSSR count). The van der Waals surface area contributed by atoms with E-state index in [1.807, 2.05) is 0 Å². The van der Waals surface area contributed by atoms with Crippen LogP contribution in [-0.4, -0.2) is 34.0 Å². The molecule has 0 aromatic rings. The molecule has 1 N–H and O–H groups in total. The van der Waals surface area contributed by atoms with Crippen molar-refractivity contribution in [1.29, 1.82) is 0 Å². The van der Waals surface area contributed by atoms with Crippen LogP contribution in [-0.2, 0) is 4.84 Å². The van der Waals surface area contributed by atoms with Crippen LogP contribution in [0.1, 0.15) is 53.4 Å². The molecule has 0 radical (unpaired) electrons. The molecule has 3 nitrogen and oxygen atoms in total. The third kappa shape index (κ3) is 3.54. The first-order chi connectivity index (χ1) is 7.83. The number of hydroxylamine groups is 2. The number of nitrogens with zero attached hydrogens (tertiary/aromatic N) is 1. The first-order valence-corrected chi connectivity index (χ1v) is 6.52. The van der Waals surface area contributed by atoms with Gasteiger partial charge in [0.15, 0.2) is 0 Å². The van der Waals surface area contributed by atoms with Crippen molar-refractivity contribution in [3.63, 3.8) is 0 Å². The number of hydrogen-bond donors (Lipinski definition) is 1. The highest BCUT2D eigenvalue weighted by Crippen LogP contribution is 2.38. The molecule has 0 aromatic carbocycles. The van der Waals surface area contributed by atoms with Gasteiger partial charge >= 0.3 is 0 Å². The molecule has 1 atom stereocenters. The lowest BCUT2D eigenvalue weighted by Gasteiger charge is -2.52. The molecule has 0 bridgehead atoms. The van der Waals surface area contributed by atoms with Gasteiger partial charge in [-0.05, 0) is 53.4 Å². The van der Waals surface area contributed by atoms with Crippen molar-refractivity contribution in [1.82, 2.24) is 5.06 Å². The summed E-state index contributed by atoms with van der Waals surface area (Å²) >= 11 is 0. The molecular weight excluding hydrogens is 214 g/mol. The maximum Gasteiger partial charge on any atom is 0.106 e. The largest absolute Gasteiger partial charge is 0.394 e. The van der Waals surface area contributed by atoms with Gasteiger partial charge in [-0.15, -0.1) is 6.58 Å². The van der Waals surface area contributed by atoms with Gasteiger partial charge in [0, 0.05) is 11.1 Å². The highest BCUT2D eigenvalue weighted by atomic mass is 16.7. The van der Waals surface area contributed by atoms with Crippen molar-refractivity contribution in [3.05, 3.63) is 12.7 Å². The highest BCUT2D eigenvalue weighted by Gasteiger charge is 2.43. The Bertz CT molecular complexity index is 245. The van der Waals surface area contributed by atoms with Crippen molar-refractivity contribution in [2.45, 2.75) is 70.6 Å². The molecule has 1 aliphatic rings. The molecule has 0 aliphatic carbocycles. The van der Waals surface area contributed by atoms with Crippen molar-refractivity contribution in [2.75, 3.05) is 6.61 Å². The van der Waals surface area contributed by atoms with E-state index in [-0.39, 0.29) is 23.8 Å². The molecule has 1 fully saturated rings. The van der Waals surface area contributed by atoms with Crippen LogP contribution in [0.5, 0.6) is 0 Å². The number of rotatable bonds is 5. The summed E-state index contributed by atoms with van der Waals surface area (Å²) < 4.78 is 0. The highest BCUT2D eigenvalue weighted by molar-refractivity contribution is 4.93. The first-order valence-electron chi connectivity index (χ1n) is 6.52. The first kappa shape index (κ1) is 14.7. The molecule has 1 aliphatic heterocycles. The van der Waals surface area contributed by atoms with Crippen LogP contribution in [0.3, 0.4) is 0 Å². The fourth-order valence-corrected chi connectivity index (χ4v) is 2.75. The lowest BCUT2D eigenvalue weighted by atomic mass is 9.82. The second-order valence-electron chi connectivity index (χ2n) is 6.21. The molecule has 0 unspecified atom stereocenters. The predicted molar refractivity (Wildman–Crippen MR) is 70.6 cm³/mol. The van der Waals surface area contributed by atoms with Gasteiger partial charge < -0.3 is 5.11 Å². The molecule has 0 spiro atoms. The normalized spacial score (nSPS) is 25.5. The summed E-state index contributed by atoms with van der Waals surface area (Å²) in [5, 5.41) is 11.4. The Morgan fingerprint density at radius 1 is 1.29 bits per heavy atom. The van der Waals surface area contributed by atoms with E-state index in [2.05, 4.69) is 39.3 Å². The zero-order chi connectivity index (χ0) is 13.1. The van der Waals surface area contributed by atoms with Gasteiger partial charge in [0.2, 0.25) is 0 Å². The summed E-state index contributed by atoms with van der Waals surface area (Å²) in [5.74, 6) is 0. The molecular formula is C14H27NO2. The minimum Gasteiger partial charge on any atom is -0.394 e. The number of hydrogen-bond acceptors (Lipinski definition) is 3. The van der Waals surface area contributed by atoms with Crippen LogP contribution in [0.15, 0.2) is 12.7 Å². The van der Waals surface area contributed by atoms with Crippen LogP contribution < -0.4 is 0 Å². The van der Waals surface area contributed by atoms with E-state index >= 15 is 0 Å². The number of aliphatic hydroxyl groups excluding tert-OH is 1. The van der Waals surface area contributed by atoms with Crippen LogP contribution in [0.4, 0.5) is 0 Å². The van der Waals surface area contributed by atoms with Crippen LogP contribution in [0, 0.1) is 0 Å². The minimum absolute atomic E-state index is 0.0241. The molecule has 17 heavy (non-hydrogen) atoms. The topological polar surface area (TPSA) is 32.7 Å². The minimum atomic E-state index is -0.177. The van der Waals surface area contributed by atoms with Crippen molar-refractivity contribution in [3.8, 4) is 0 Å². The predicted octanol–water partition coefficient (Wildman–Crippen LogP) is 2.90. The van der Waals surface area contributed by atoms with Gasteiger partial charge in [0.05, 0.1) is 6.61 Å². The van der Waals surface area contributed by atoms with E-state index in [9.17, 15) is 5.11 Å². The zero-order valence-corrected chi connectivity index (χ0v) is 11.7. The molecule has 0 amide bonds. The average Bonchev–Trinajstić information content (AvgIpc) is 2.21. The van der Waals surface area contributed by atoms with E-state index in [1.54, 1.807) is 6.08 Å². The molecule has 0 saturated carbocycles. The van der Waals surface area contributed by atoms with Crippen molar-refractivity contribution in [2.24, 2.45) is 0 Å². The second-order valence-corrected chi connectivity index (χ2v) is 6.21. The van der Waals surface area contributed by atoms with Gasteiger partial charge in [-0.25, -0.2) is 0 Å². The fourth-order valence-electron chi connectivity index (χ4n) is 2.75. The van der Waals surface area contributed by atoms with E-state index in [1.165, 1.54) is 6.42 Å². The van der Waals surface area contributed by atoms with Gasteiger partial charge in [-0.3, -0.25) is 4.84 Å². The molecule has 100 valence electrons. The lowest BCUT2D eigenvalue weighted by Crippen LogP contribution is -2.59. The van der Waals surface area contributed by atoms with Crippen molar-refractivity contribution < 1.29 is 9.94 Å². The van der Waals surface area contributed by atoms with E-state index < -0.39 is 0 Å². The van der Waals surface area contributed by atoms with Crippen LogP contribution in [0.2, 0.25) is 0 Å². The Balaban J connectivity index is 2.78. The van der Waals surface area contributed by atoms with Gasteiger partial charge in [-0.1, -0.05) is 6.08 Å². The average molecular weight is 241 g/mol. The second kappa shape index (κ2) is 5.51. The molecule has 0 aromatic heterocycles. The smallest absolute Gasteiger partial charge is 0.106 e. The number of aliphatic hydroxyl groups is 1. The van der Waals surface area contributed by atoms with Gasteiger partial charge in [0.1, 0.15) is 6.10 Å². The summed E-state index contributed by atoms with van der Waals surface area (Å²) in [6.07, 6.45) is 5.78. The van der Waals surface area contributed by atoms with Gasteiger partial charge in [-0.2, -0.15) is 5.06 Å². The summed E-state index contributed by atoms with van der Waals surface area (Å²) in [6, 6.07) is 0. The lowest BCUT2D eigenvalue weighted by molar-refractivity contribution is -0.307. The maximum atomic E-state index is 9.33. The van der Waals surface area contributed by atoms with Crippen LogP contribution in [0.25, 0.3) is 0 Å². The molecule has 1 saturated heterocycles. The monoisotopic (exact) mass is 241 g/mol. The maximum absolute atomic E-state index is 9.33.